The number of amides is 1. The van der Waals surface area contributed by atoms with Crippen molar-refractivity contribution in [1.29, 1.82) is 0 Å². The van der Waals surface area contributed by atoms with Crippen molar-refractivity contribution in [3.63, 3.8) is 0 Å². The van der Waals surface area contributed by atoms with Gasteiger partial charge in [-0.3, -0.25) is 4.79 Å². The first-order valence-electron chi connectivity index (χ1n) is 8.37. The zero-order chi connectivity index (χ0) is 19.7. The van der Waals surface area contributed by atoms with Crippen LogP contribution in [0.3, 0.4) is 0 Å². The molecular formula is C16H19F3N2O5S. The van der Waals surface area contributed by atoms with E-state index in [0.29, 0.717) is 25.9 Å². The first-order valence-corrected chi connectivity index (χ1v) is 10.2. The summed E-state index contributed by atoms with van der Waals surface area (Å²) >= 11 is 0. The van der Waals surface area contributed by atoms with Crippen LogP contribution in [0.25, 0.3) is 0 Å². The average Bonchev–Trinajstić information content (AvgIpc) is 2.87. The molecule has 3 heterocycles. The SMILES string of the molecule is O=C(N[C@@H]1CCO[C@@]2(CCS(=O)(=O)C2)C1)c1ccc(OCC(F)(F)F)nc1. The second-order valence-electron chi connectivity index (χ2n) is 6.83. The van der Waals surface area contributed by atoms with E-state index in [9.17, 15) is 26.4 Å². The molecule has 0 aromatic carbocycles. The molecule has 2 aliphatic rings. The third-order valence-electron chi connectivity index (χ3n) is 4.56. The maximum absolute atomic E-state index is 12.3. The van der Waals surface area contributed by atoms with E-state index in [-0.39, 0.29) is 29.0 Å². The van der Waals surface area contributed by atoms with Crippen LogP contribution >= 0.6 is 0 Å². The van der Waals surface area contributed by atoms with Gasteiger partial charge in [0.2, 0.25) is 5.88 Å². The lowest BCUT2D eigenvalue weighted by molar-refractivity contribution is -0.154. The Bertz CT molecular complexity index is 797. The molecule has 27 heavy (non-hydrogen) atoms. The second-order valence-corrected chi connectivity index (χ2v) is 9.01. The smallest absolute Gasteiger partial charge is 0.422 e. The second kappa shape index (κ2) is 7.27. The molecule has 0 unspecified atom stereocenters. The molecule has 0 radical (unpaired) electrons. The number of halogens is 3. The van der Waals surface area contributed by atoms with E-state index in [1.165, 1.54) is 12.1 Å². The molecule has 7 nitrogen and oxygen atoms in total. The van der Waals surface area contributed by atoms with Crippen LogP contribution in [0.15, 0.2) is 18.3 Å². The highest BCUT2D eigenvalue weighted by Gasteiger charge is 2.46. The highest BCUT2D eigenvalue weighted by atomic mass is 32.2. The van der Waals surface area contributed by atoms with Gasteiger partial charge in [-0.25, -0.2) is 13.4 Å². The third-order valence-corrected chi connectivity index (χ3v) is 6.35. The summed E-state index contributed by atoms with van der Waals surface area (Å²) in [6, 6.07) is 2.26. The van der Waals surface area contributed by atoms with E-state index in [2.05, 4.69) is 15.0 Å². The fourth-order valence-electron chi connectivity index (χ4n) is 3.34. The van der Waals surface area contributed by atoms with E-state index in [1.54, 1.807) is 0 Å². The van der Waals surface area contributed by atoms with E-state index in [0.717, 1.165) is 6.20 Å². The van der Waals surface area contributed by atoms with Gasteiger partial charge in [-0.1, -0.05) is 0 Å². The van der Waals surface area contributed by atoms with Gasteiger partial charge >= 0.3 is 6.18 Å². The molecule has 2 fully saturated rings. The first kappa shape index (κ1) is 19.9. The van der Waals surface area contributed by atoms with E-state index in [1.807, 2.05) is 0 Å². The Morgan fingerprint density at radius 1 is 1.41 bits per heavy atom. The molecule has 1 aromatic heterocycles. The minimum Gasteiger partial charge on any atom is -0.468 e. The highest BCUT2D eigenvalue weighted by molar-refractivity contribution is 7.91. The molecule has 0 saturated carbocycles. The Hall–Kier alpha value is -1.88. The van der Waals surface area contributed by atoms with Crippen LogP contribution in [0.1, 0.15) is 29.6 Å². The summed E-state index contributed by atoms with van der Waals surface area (Å²) in [6.07, 6.45) is -1.97. The minimum absolute atomic E-state index is 0.0425. The summed E-state index contributed by atoms with van der Waals surface area (Å²) in [6.45, 7) is -1.11. The van der Waals surface area contributed by atoms with Crippen molar-refractivity contribution in [3.05, 3.63) is 23.9 Å². The van der Waals surface area contributed by atoms with Gasteiger partial charge in [0.1, 0.15) is 0 Å². The molecule has 11 heteroatoms. The number of carbonyl (C=O) groups is 1. The quantitative estimate of drug-likeness (QED) is 0.811. The number of nitrogens with zero attached hydrogens (tertiary/aromatic N) is 1. The first-order chi connectivity index (χ1) is 12.6. The van der Waals surface area contributed by atoms with Crippen molar-refractivity contribution in [2.45, 2.75) is 37.1 Å². The minimum atomic E-state index is -4.47. The van der Waals surface area contributed by atoms with Crippen LogP contribution in [0.2, 0.25) is 0 Å². The molecule has 3 rings (SSSR count). The lowest BCUT2D eigenvalue weighted by Gasteiger charge is -2.37. The molecule has 1 amide bonds. The third kappa shape index (κ3) is 5.32. The van der Waals surface area contributed by atoms with Crippen molar-refractivity contribution in [2.75, 3.05) is 24.7 Å². The maximum atomic E-state index is 12.3. The Morgan fingerprint density at radius 3 is 2.78 bits per heavy atom. The topological polar surface area (TPSA) is 94.6 Å². The molecule has 1 aromatic rings. The molecule has 0 aliphatic carbocycles. The predicted molar refractivity (Wildman–Crippen MR) is 88.2 cm³/mol. The van der Waals surface area contributed by atoms with Gasteiger partial charge < -0.3 is 14.8 Å². The molecule has 1 N–H and O–H groups in total. The lowest BCUT2D eigenvalue weighted by atomic mass is 9.90. The molecule has 150 valence electrons. The number of ether oxygens (including phenoxy) is 2. The van der Waals surface area contributed by atoms with Crippen molar-refractivity contribution in [1.82, 2.24) is 10.3 Å². The number of carbonyl (C=O) groups excluding carboxylic acids is 1. The fraction of sp³-hybridized carbons (Fsp3) is 0.625. The fourth-order valence-corrected chi connectivity index (χ4v) is 5.31. The largest absolute Gasteiger partial charge is 0.468 e. The molecule has 2 saturated heterocycles. The molecule has 2 atom stereocenters. The lowest BCUT2D eigenvalue weighted by Crippen LogP contribution is -2.49. The zero-order valence-corrected chi connectivity index (χ0v) is 15.1. The average molecular weight is 408 g/mol. The van der Waals surface area contributed by atoms with E-state index >= 15 is 0 Å². The number of hydrogen-bond donors (Lipinski definition) is 1. The van der Waals surface area contributed by atoms with Gasteiger partial charge in [0, 0.05) is 24.9 Å². The summed E-state index contributed by atoms with van der Waals surface area (Å²) in [5, 5.41) is 2.81. The van der Waals surface area contributed by atoms with Crippen molar-refractivity contribution in [3.8, 4) is 5.88 Å². The Balaban J connectivity index is 1.57. The highest BCUT2D eigenvalue weighted by Crippen LogP contribution is 2.35. The monoisotopic (exact) mass is 408 g/mol. The number of nitrogens with one attached hydrogen (secondary N) is 1. The Morgan fingerprint density at radius 2 is 2.19 bits per heavy atom. The number of pyridine rings is 1. The Labute approximate surface area is 154 Å². The number of alkyl halides is 3. The van der Waals surface area contributed by atoms with Crippen LogP contribution in [0.4, 0.5) is 13.2 Å². The van der Waals surface area contributed by atoms with E-state index in [4.69, 9.17) is 4.74 Å². The number of sulfone groups is 1. The number of rotatable bonds is 4. The zero-order valence-electron chi connectivity index (χ0n) is 14.3. The molecule has 0 bridgehead atoms. The van der Waals surface area contributed by atoms with E-state index < -0.39 is 34.1 Å². The molecular weight excluding hydrogens is 389 g/mol. The van der Waals surface area contributed by atoms with Gasteiger partial charge in [0.15, 0.2) is 16.4 Å². The van der Waals surface area contributed by atoms with Crippen molar-refractivity contribution < 1.29 is 35.9 Å². The van der Waals surface area contributed by atoms with Crippen LogP contribution in [-0.4, -0.2) is 61.8 Å². The predicted octanol–water partition coefficient (Wildman–Crippen LogP) is 1.49. The van der Waals surface area contributed by atoms with Gasteiger partial charge in [-0.2, -0.15) is 13.2 Å². The van der Waals surface area contributed by atoms with Gasteiger partial charge in [0.05, 0.1) is 22.7 Å². The van der Waals surface area contributed by atoms with Gasteiger partial charge in [-0.15, -0.1) is 0 Å². The standard InChI is InChI=1S/C16H19F3N2O5S/c17-16(18,19)9-25-13-2-1-11(8-20-13)14(22)21-12-3-5-26-15(7-12)4-6-27(23,24)10-15/h1-2,8,12H,3-7,9-10H2,(H,21,22)/t12-,15+/m1/s1. The Kier molecular flexibility index (Phi) is 5.35. The number of hydrogen-bond acceptors (Lipinski definition) is 6. The van der Waals surface area contributed by atoms with Gasteiger partial charge in [-0.05, 0) is 25.3 Å². The summed E-state index contributed by atoms with van der Waals surface area (Å²) in [7, 11) is -3.12. The summed E-state index contributed by atoms with van der Waals surface area (Å²) in [4.78, 5) is 16.0. The van der Waals surface area contributed by atoms with Crippen LogP contribution in [0.5, 0.6) is 5.88 Å². The van der Waals surface area contributed by atoms with Gasteiger partial charge in [0.25, 0.3) is 5.91 Å². The van der Waals surface area contributed by atoms with Crippen LogP contribution in [-0.2, 0) is 14.6 Å². The normalized spacial score (nSPS) is 27.4. The number of aromatic nitrogens is 1. The van der Waals surface area contributed by atoms with Crippen molar-refractivity contribution in [2.24, 2.45) is 0 Å². The maximum Gasteiger partial charge on any atom is 0.422 e. The molecule has 2 aliphatic heterocycles. The molecule has 1 spiro atoms. The summed E-state index contributed by atoms with van der Waals surface area (Å²) in [5.41, 5.74) is -0.572. The summed E-state index contributed by atoms with van der Waals surface area (Å²) in [5.74, 6) is -0.631. The van der Waals surface area contributed by atoms with Crippen LogP contribution in [0, 0.1) is 0 Å². The summed E-state index contributed by atoms with van der Waals surface area (Å²) < 4.78 is 70.0. The van der Waals surface area contributed by atoms with Crippen molar-refractivity contribution >= 4 is 15.7 Å². The van der Waals surface area contributed by atoms with Crippen LogP contribution < -0.4 is 10.1 Å².